The number of imidazole rings is 1. The van der Waals surface area contributed by atoms with E-state index in [0.717, 1.165) is 41.5 Å². The third-order valence-electron chi connectivity index (χ3n) is 6.87. The zero-order valence-electron chi connectivity index (χ0n) is 19.4. The number of ether oxygens (including phenoxy) is 2. The van der Waals surface area contributed by atoms with Crippen LogP contribution in [0.4, 0.5) is 4.79 Å². The monoisotopic (exact) mass is 436 g/mol. The minimum Gasteiger partial charge on any atom is -0.480 e. The van der Waals surface area contributed by atoms with E-state index in [1.165, 1.54) is 5.57 Å². The van der Waals surface area contributed by atoms with Crippen LogP contribution >= 0.6 is 0 Å². The molecule has 7 nitrogen and oxygen atoms in total. The Balaban J connectivity index is 1.58. The molecule has 32 heavy (non-hydrogen) atoms. The van der Waals surface area contributed by atoms with Gasteiger partial charge in [0.1, 0.15) is 17.3 Å². The van der Waals surface area contributed by atoms with E-state index in [4.69, 9.17) is 14.5 Å². The van der Waals surface area contributed by atoms with E-state index in [0.29, 0.717) is 32.5 Å². The van der Waals surface area contributed by atoms with Gasteiger partial charge in [0.25, 0.3) is 0 Å². The van der Waals surface area contributed by atoms with Crippen molar-refractivity contribution in [2.75, 3.05) is 26.2 Å². The summed E-state index contributed by atoms with van der Waals surface area (Å²) in [5.41, 5.74) is 3.87. The van der Waals surface area contributed by atoms with Crippen LogP contribution in [0.2, 0.25) is 0 Å². The maximum atomic E-state index is 12.3. The molecule has 3 aliphatic rings. The molecule has 3 aliphatic heterocycles. The molecule has 7 heteroatoms. The SMILES string of the molecule is CCOC(=O)N1CCC2(CC1)Oc1ccccc1-c1nc(C3=CC(C)(C)NCC3)n(C)c12. The first-order valence-corrected chi connectivity index (χ1v) is 11.6. The molecule has 2 aromatic rings. The van der Waals surface area contributed by atoms with Gasteiger partial charge in [0.2, 0.25) is 0 Å². The fourth-order valence-corrected chi connectivity index (χ4v) is 5.36. The summed E-state index contributed by atoms with van der Waals surface area (Å²) in [5.74, 6) is 1.88. The Morgan fingerprint density at radius 1 is 1.25 bits per heavy atom. The number of carbonyl (C=O) groups excluding carboxylic acids is 1. The molecule has 170 valence electrons. The molecule has 0 radical (unpaired) electrons. The molecule has 5 rings (SSSR count). The summed E-state index contributed by atoms with van der Waals surface area (Å²) in [6, 6.07) is 8.16. The Kier molecular flexibility index (Phi) is 5.04. The average molecular weight is 437 g/mol. The van der Waals surface area contributed by atoms with Crippen LogP contribution in [0.25, 0.3) is 16.8 Å². The lowest BCUT2D eigenvalue weighted by Gasteiger charge is -2.44. The highest BCUT2D eigenvalue weighted by Crippen LogP contribution is 2.50. The highest BCUT2D eigenvalue weighted by molar-refractivity contribution is 5.76. The van der Waals surface area contributed by atoms with Gasteiger partial charge in [-0.1, -0.05) is 18.2 Å². The molecule has 1 aromatic carbocycles. The average Bonchev–Trinajstić information content (AvgIpc) is 3.12. The van der Waals surface area contributed by atoms with Crippen molar-refractivity contribution in [3.63, 3.8) is 0 Å². The first-order valence-electron chi connectivity index (χ1n) is 11.6. The van der Waals surface area contributed by atoms with Crippen molar-refractivity contribution < 1.29 is 14.3 Å². The van der Waals surface area contributed by atoms with Crippen molar-refractivity contribution in [1.82, 2.24) is 19.8 Å². The number of hydrogen-bond acceptors (Lipinski definition) is 5. The Morgan fingerprint density at radius 3 is 2.72 bits per heavy atom. The lowest BCUT2D eigenvalue weighted by atomic mass is 9.83. The molecular formula is C25H32N4O3. The molecule has 1 amide bonds. The summed E-state index contributed by atoms with van der Waals surface area (Å²) >= 11 is 0. The van der Waals surface area contributed by atoms with Gasteiger partial charge in [-0.25, -0.2) is 9.78 Å². The second-order valence-corrected chi connectivity index (χ2v) is 9.54. The Bertz CT molecular complexity index is 1080. The molecule has 0 bridgehead atoms. The molecule has 0 aliphatic carbocycles. The van der Waals surface area contributed by atoms with Gasteiger partial charge in [-0.3, -0.25) is 0 Å². The van der Waals surface area contributed by atoms with E-state index in [-0.39, 0.29) is 11.6 Å². The van der Waals surface area contributed by atoms with Crippen molar-refractivity contribution in [1.29, 1.82) is 0 Å². The molecule has 1 fully saturated rings. The summed E-state index contributed by atoms with van der Waals surface area (Å²) < 4.78 is 14.2. The van der Waals surface area contributed by atoms with Crippen LogP contribution in [0.15, 0.2) is 30.3 Å². The van der Waals surface area contributed by atoms with E-state index in [9.17, 15) is 4.79 Å². The zero-order valence-corrected chi connectivity index (χ0v) is 19.4. The third kappa shape index (κ3) is 3.39. The van der Waals surface area contributed by atoms with Gasteiger partial charge in [0.05, 0.1) is 12.3 Å². The van der Waals surface area contributed by atoms with Crippen molar-refractivity contribution >= 4 is 11.7 Å². The van der Waals surface area contributed by atoms with Crippen LogP contribution in [0, 0.1) is 0 Å². The van der Waals surface area contributed by atoms with E-state index in [1.807, 2.05) is 25.1 Å². The van der Waals surface area contributed by atoms with E-state index >= 15 is 0 Å². The number of para-hydroxylation sites is 1. The normalized spacial score (nSPS) is 20.8. The lowest BCUT2D eigenvalue weighted by Crippen LogP contribution is -2.50. The minimum absolute atomic E-state index is 0.0584. The summed E-state index contributed by atoms with van der Waals surface area (Å²) in [6.07, 6.45) is 4.41. The highest BCUT2D eigenvalue weighted by atomic mass is 16.6. The summed E-state index contributed by atoms with van der Waals surface area (Å²) in [6.45, 7) is 8.74. The van der Waals surface area contributed by atoms with Crippen LogP contribution in [-0.4, -0.2) is 52.3 Å². The number of nitrogens with zero attached hydrogens (tertiary/aromatic N) is 3. The van der Waals surface area contributed by atoms with Crippen LogP contribution < -0.4 is 10.1 Å². The third-order valence-corrected chi connectivity index (χ3v) is 6.87. The Morgan fingerprint density at radius 2 is 2.00 bits per heavy atom. The lowest BCUT2D eigenvalue weighted by molar-refractivity contribution is -0.0100. The molecule has 1 spiro atoms. The van der Waals surface area contributed by atoms with Gasteiger partial charge in [-0.2, -0.15) is 0 Å². The zero-order chi connectivity index (χ0) is 22.5. The van der Waals surface area contributed by atoms with Crippen molar-refractivity contribution in [2.45, 2.75) is 51.2 Å². The van der Waals surface area contributed by atoms with Gasteiger partial charge in [0.15, 0.2) is 5.60 Å². The summed E-state index contributed by atoms with van der Waals surface area (Å²) in [5, 5.41) is 3.55. The van der Waals surface area contributed by atoms with E-state index < -0.39 is 5.60 Å². The second-order valence-electron chi connectivity index (χ2n) is 9.54. The van der Waals surface area contributed by atoms with Crippen molar-refractivity contribution in [3.05, 3.63) is 41.9 Å². The van der Waals surface area contributed by atoms with Crippen LogP contribution in [-0.2, 0) is 17.4 Å². The predicted octanol–water partition coefficient (Wildman–Crippen LogP) is 4.08. The molecule has 0 saturated carbocycles. The summed E-state index contributed by atoms with van der Waals surface area (Å²) in [4.78, 5) is 19.3. The van der Waals surface area contributed by atoms with Gasteiger partial charge < -0.3 is 24.3 Å². The maximum absolute atomic E-state index is 12.3. The first-order chi connectivity index (χ1) is 15.3. The van der Waals surface area contributed by atoms with Crippen LogP contribution in [0.3, 0.4) is 0 Å². The number of benzene rings is 1. The number of fused-ring (bicyclic) bond motifs is 4. The number of piperidine rings is 1. The number of carbonyl (C=O) groups is 1. The van der Waals surface area contributed by atoms with Crippen molar-refractivity contribution in [3.8, 4) is 17.0 Å². The molecular weight excluding hydrogens is 404 g/mol. The molecule has 0 unspecified atom stereocenters. The quantitative estimate of drug-likeness (QED) is 0.768. The highest BCUT2D eigenvalue weighted by Gasteiger charge is 2.48. The van der Waals surface area contributed by atoms with Gasteiger partial charge in [-0.05, 0) is 44.9 Å². The molecule has 1 N–H and O–H groups in total. The summed E-state index contributed by atoms with van der Waals surface area (Å²) in [7, 11) is 2.10. The fourth-order valence-electron chi connectivity index (χ4n) is 5.36. The minimum atomic E-state index is -0.504. The van der Waals surface area contributed by atoms with E-state index in [1.54, 1.807) is 4.90 Å². The smallest absolute Gasteiger partial charge is 0.409 e. The number of nitrogens with one attached hydrogen (secondary N) is 1. The number of rotatable bonds is 2. The number of amides is 1. The predicted molar refractivity (Wildman–Crippen MR) is 123 cm³/mol. The van der Waals surface area contributed by atoms with Gasteiger partial charge in [0, 0.05) is 50.6 Å². The number of aromatic nitrogens is 2. The Labute approximate surface area is 189 Å². The molecule has 0 atom stereocenters. The molecule has 4 heterocycles. The van der Waals surface area contributed by atoms with Crippen molar-refractivity contribution in [2.24, 2.45) is 7.05 Å². The topological polar surface area (TPSA) is 68.6 Å². The first kappa shape index (κ1) is 21.1. The largest absolute Gasteiger partial charge is 0.480 e. The van der Waals surface area contributed by atoms with E-state index in [2.05, 4.69) is 42.9 Å². The van der Waals surface area contributed by atoms with Gasteiger partial charge in [-0.15, -0.1) is 0 Å². The van der Waals surface area contributed by atoms with Crippen LogP contribution in [0.5, 0.6) is 5.75 Å². The standard InChI is InChI=1S/C25H32N4O3/c1-5-31-23(30)29-14-11-25(12-15-29)21-20(18-8-6-7-9-19(18)32-25)27-22(28(21)4)17-10-13-26-24(2,3)16-17/h6-9,16,26H,5,10-15H2,1-4H3. The second kappa shape index (κ2) is 7.66. The number of hydrogen-bond donors (Lipinski definition) is 1. The maximum Gasteiger partial charge on any atom is 0.409 e. The van der Waals surface area contributed by atoms with Gasteiger partial charge >= 0.3 is 6.09 Å². The Hall–Kier alpha value is -2.80. The van der Waals surface area contributed by atoms with Crippen LogP contribution in [0.1, 0.15) is 51.6 Å². The fraction of sp³-hybridized carbons (Fsp3) is 0.520. The molecule has 1 saturated heterocycles. The molecule has 1 aromatic heterocycles. The number of likely N-dealkylation sites (tertiary alicyclic amines) is 1.